The Hall–Kier alpha value is -0.420. The van der Waals surface area contributed by atoms with Crippen LogP contribution in [0.1, 0.15) is 57.8 Å². The van der Waals surface area contributed by atoms with Gasteiger partial charge in [0.2, 0.25) is 0 Å². The van der Waals surface area contributed by atoms with Gasteiger partial charge in [0.15, 0.2) is 0 Å². The van der Waals surface area contributed by atoms with Gasteiger partial charge < -0.3 is 15.5 Å². The molecule has 2 bridgehead atoms. The quantitative estimate of drug-likeness (QED) is 0.838. The van der Waals surface area contributed by atoms with Gasteiger partial charge in [0, 0.05) is 29.4 Å². The summed E-state index contributed by atoms with van der Waals surface area (Å²) in [7, 11) is 2.26. The van der Waals surface area contributed by atoms with Crippen LogP contribution in [-0.2, 0) is 0 Å². The van der Waals surface area contributed by atoms with Crippen molar-refractivity contribution in [2.75, 3.05) is 13.3 Å². The predicted octanol–water partition coefficient (Wildman–Crippen LogP) is 2.98. The third-order valence-corrected chi connectivity index (χ3v) is 7.17. The van der Waals surface area contributed by atoms with E-state index in [-0.39, 0.29) is 6.03 Å². The van der Waals surface area contributed by atoms with Gasteiger partial charge in [-0.25, -0.2) is 4.79 Å². The van der Waals surface area contributed by atoms with Crippen molar-refractivity contribution in [2.45, 2.75) is 87.2 Å². The van der Waals surface area contributed by atoms with Crippen LogP contribution in [-0.4, -0.2) is 53.7 Å². The normalized spacial score (nSPS) is 39.3. The van der Waals surface area contributed by atoms with Crippen LogP contribution in [0.15, 0.2) is 0 Å². The molecule has 5 heteroatoms. The summed E-state index contributed by atoms with van der Waals surface area (Å²) in [6.45, 7) is 0. The van der Waals surface area contributed by atoms with Crippen molar-refractivity contribution in [3.8, 4) is 0 Å². The summed E-state index contributed by atoms with van der Waals surface area (Å²) < 4.78 is 0. The van der Waals surface area contributed by atoms with E-state index in [0.29, 0.717) is 29.4 Å². The zero-order valence-electron chi connectivity index (χ0n) is 14.0. The van der Waals surface area contributed by atoms with E-state index in [0.717, 1.165) is 19.3 Å². The number of carbonyl (C=O) groups is 1. The van der Waals surface area contributed by atoms with Crippen LogP contribution in [0.5, 0.6) is 0 Å². The number of urea groups is 1. The molecule has 3 aliphatic rings. The lowest BCUT2D eigenvalue weighted by molar-refractivity contribution is 0.0507. The molecule has 2 saturated heterocycles. The molecule has 0 aromatic carbocycles. The number of amides is 2. The van der Waals surface area contributed by atoms with Crippen LogP contribution < -0.4 is 10.6 Å². The largest absolute Gasteiger partial charge is 0.335 e. The summed E-state index contributed by atoms with van der Waals surface area (Å²) in [5.41, 5.74) is 0. The van der Waals surface area contributed by atoms with E-state index in [9.17, 15) is 4.79 Å². The number of nitrogens with zero attached hydrogens (tertiary/aromatic N) is 1. The summed E-state index contributed by atoms with van der Waals surface area (Å²) in [5.74, 6) is 0. The first-order valence-electron chi connectivity index (χ1n) is 8.99. The van der Waals surface area contributed by atoms with Crippen molar-refractivity contribution in [2.24, 2.45) is 0 Å². The van der Waals surface area contributed by atoms with Gasteiger partial charge in [-0.2, -0.15) is 11.8 Å². The molecule has 2 heterocycles. The molecule has 126 valence electrons. The highest BCUT2D eigenvalue weighted by Crippen LogP contribution is 2.32. The number of nitrogens with one attached hydrogen (secondary N) is 2. The summed E-state index contributed by atoms with van der Waals surface area (Å²) in [6, 6.07) is 2.13. The van der Waals surface area contributed by atoms with Gasteiger partial charge in [-0.15, -0.1) is 0 Å². The summed E-state index contributed by atoms with van der Waals surface area (Å²) in [4.78, 5) is 14.9. The lowest BCUT2D eigenvalue weighted by Gasteiger charge is -2.47. The topological polar surface area (TPSA) is 44.4 Å². The molecular weight excluding hydrogens is 294 g/mol. The maximum absolute atomic E-state index is 12.4. The highest BCUT2D eigenvalue weighted by atomic mass is 32.2. The Morgan fingerprint density at radius 2 is 1.68 bits per heavy atom. The number of thioether (sulfide) groups is 1. The highest BCUT2D eigenvalue weighted by molar-refractivity contribution is 7.99. The van der Waals surface area contributed by atoms with Crippen LogP contribution in [0, 0.1) is 0 Å². The summed E-state index contributed by atoms with van der Waals surface area (Å²) >= 11 is 1.91. The smallest absolute Gasteiger partial charge is 0.315 e. The Bertz CT molecular complexity index is 378. The Balaban J connectivity index is 1.49. The van der Waals surface area contributed by atoms with E-state index < -0.39 is 0 Å². The minimum atomic E-state index is 0.0681. The minimum absolute atomic E-state index is 0.0681. The number of carbonyl (C=O) groups excluding carboxylic acids is 1. The SMILES string of the molecule is CS[C@@H]1CCCC[C@@H]1NC(=O)NC1C[C@H]2CCC[C@@H](C1)N2C. The molecular formula is C17H31N3OS. The van der Waals surface area contributed by atoms with Crippen LogP contribution >= 0.6 is 11.8 Å². The molecule has 3 rings (SSSR count). The van der Waals surface area contributed by atoms with Crippen molar-refractivity contribution < 1.29 is 4.79 Å². The average molecular weight is 326 g/mol. The Kier molecular flexibility index (Phi) is 5.55. The molecule has 22 heavy (non-hydrogen) atoms. The maximum atomic E-state index is 12.4. The molecule has 0 aromatic heterocycles. The Morgan fingerprint density at radius 3 is 2.36 bits per heavy atom. The summed E-state index contributed by atoms with van der Waals surface area (Å²) in [5, 5.41) is 7.13. The molecule has 1 aliphatic carbocycles. The molecule has 3 fully saturated rings. The maximum Gasteiger partial charge on any atom is 0.315 e. The molecule has 1 saturated carbocycles. The third kappa shape index (κ3) is 3.73. The van der Waals surface area contributed by atoms with Gasteiger partial charge in [0.1, 0.15) is 0 Å². The predicted molar refractivity (Wildman–Crippen MR) is 93.4 cm³/mol. The van der Waals surface area contributed by atoms with Crippen LogP contribution in [0.3, 0.4) is 0 Å². The van der Waals surface area contributed by atoms with Crippen LogP contribution in [0.4, 0.5) is 4.79 Å². The molecule has 5 atom stereocenters. The van der Waals surface area contributed by atoms with Crippen molar-refractivity contribution in [1.82, 2.24) is 15.5 Å². The lowest BCUT2D eigenvalue weighted by atomic mass is 9.82. The zero-order chi connectivity index (χ0) is 15.5. The second-order valence-electron chi connectivity index (χ2n) is 7.36. The van der Waals surface area contributed by atoms with Crippen molar-refractivity contribution in [3.63, 3.8) is 0 Å². The second-order valence-corrected chi connectivity index (χ2v) is 8.43. The second kappa shape index (κ2) is 7.43. The fraction of sp³-hybridized carbons (Fsp3) is 0.941. The van der Waals surface area contributed by atoms with Crippen LogP contribution in [0.2, 0.25) is 0 Å². The highest BCUT2D eigenvalue weighted by Gasteiger charge is 2.36. The van der Waals surface area contributed by atoms with Crippen molar-refractivity contribution in [1.29, 1.82) is 0 Å². The molecule has 0 radical (unpaired) electrons. The molecule has 4 nitrogen and oxygen atoms in total. The fourth-order valence-electron chi connectivity index (χ4n) is 4.67. The van der Waals surface area contributed by atoms with Gasteiger partial charge >= 0.3 is 6.03 Å². The first-order chi connectivity index (χ1) is 10.7. The van der Waals surface area contributed by atoms with Crippen LogP contribution in [0.25, 0.3) is 0 Å². The van der Waals surface area contributed by atoms with Gasteiger partial charge in [0.25, 0.3) is 0 Å². The number of fused-ring (bicyclic) bond motifs is 2. The standard InChI is InChI=1S/C17H31N3OS/c1-20-13-6-5-7-14(20)11-12(10-13)18-17(21)19-15-8-3-4-9-16(15)22-2/h12-16H,3-11H2,1-2H3,(H2,18,19,21)/t12?,13-,14+,15-,16+/m0/s1. The number of hydrogen-bond acceptors (Lipinski definition) is 3. The zero-order valence-corrected chi connectivity index (χ0v) is 14.8. The molecule has 1 unspecified atom stereocenters. The van der Waals surface area contributed by atoms with E-state index >= 15 is 0 Å². The van der Waals surface area contributed by atoms with Crippen molar-refractivity contribution in [3.05, 3.63) is 0 Å². The van der Waals surface area contributed by atoms with E-state index in [1.165, 1.54) is 38.5 Å². The number of piperidine rings is 2. The van der Waals surface area contributed by atoms with E-state index in [2.05, 4.69) is 28.8 Å². The first kappa shape index (κ1) is 16.4. The minimum Gasteiger partial charge on any atom is -0.335 e. The molecule has 2 aliphatic heterocycles. The Labute approximate surface area is 139 Å². The number of rotatable bonds is 3. The molecule has 0 spiro atoms. The van der Waals surface area contributed by atoms with Gasteiger partial charge in [-0.1, -0.05) is 19.3 Å². The fourth-order valence-corrected chi connectivity index (χ4v) is 5.61. The van der Waals surface area contributed by atoms with E-state index in [1.54, 1.807) is 0 Å². The van der Waals surface area contributed by atoms with Gasteiger partial charge in [0.05, 0.1) is 0 Å². The summed E-state index contributed by atoms with van der Waals surface area (Å²) in [6.07, 6.45) is 13.3. The Morgan fingerprint density at radius 1 is 1.00 bits per heavy atom. The van der Waals surface area contributed by atoms with Gasteiger partial charge in [-0.3, -0.25) is 0 Å². The van der Waals surface area contributed by atoms with E-state index in [4.69, 9.17) is 0 Å². The lowest BCUT2D eigenvalue weighted by Crippen LogP contribution is -2.57. The van der Waals surface area contributed by atoms with Crippen molar-refractivity contribution >= 4 is 17.8 Å². The molecule has 2 N–H and O–H groups in total. The first-order valence-corrected chi connectivity index (χ1v) is 10.3. The molecule has 2 amide bonds. The van der Waals surface area contributed by atoms with E-state index in [1.807, 2.05) is 11.8 Å². The van der Waals surface area contributed by atoms with Gasteiger partial charge in [-0.05, 0) is 51.8 Å². The molecule has 0 aromatic rings. The monoisotopic (exact) mass is 325 g/mol. The third-order valence-electron chi connectivity index (χ3n) is 6.00. The average Bonchev–Trinajstić information content (AvgIpc) is 2.49. The number of hydrogen-bond donors (Lipinski definition) is 2.